The second-order valence-corrected chi connectivity index (χ2v) is 9.40. The Hall–Kier alpha value is -3.46. The molecular formula is C26H20Cl2N2O5S. The van der Waals surface area contributed by atoms with Gasteiger partial charge in [-0.1, -0.05) is 59.6 Å². The number of nitrogens with one attached hydrogen (secondary N) is 1. The van der Waals surface area contributed by atoms with Crippen LogP contribution in [0.2, 0.25) is 10.0 Å². The number of benzene rings is 3. The fraction of sp³-hybridized carbons (Fsp3) is 0.115. The Labute approximate surface area is 222 Å². The molecule has 7 nitrogen and oxygen atoms in total. The number of thioether (sulfide) groups is 1. The number of anilines is 1. The maximum Gasteiger partial charge on any atom is 0.294 e. The van der Waals surface area contributed by atoms with Crippen molar-refractivity contribution in [3.05, 3.63) is 92.8 Å². The predicted octanol–water partition coefficient (Wildman–Crippen LogP) is 6.26. The zero-order valence-corrected chi connectivity index (χ0v) is 21.3. The molecule has 1 heterocycles. The molecule has 1 N–H and O–H groups in total. The molecule has 10 heteroatoms. The monoisotopic (exact) mass is 542 g/mol. The highest BCUT2D eigenvalue weighted by molar-refractivity contribution is 8.18. The largest absolute Gasteiger partial charge is 0.493 e. The van der Waals surface area contributed by atoms with Crippen molar-refractivity contribution < 1.29 is 23.9 Å². The van der Waals surface area contributed by atoms with Crippen LogP contribution in [-0.4, -0.2) is 35.6 Å². The number of para-hydroxylation sites is 1. The van der Waals surface area contributed by atoms with Gasteiger partial charge in [0.2, 0.25) is 5.91 Å². The number of imide groups is 1. The van der Waals surface area contributed by atoms with Crippen LogP contribution in [0.1, 0.15) is 11.1 Å². The molecule has 1 aliphatic rings. The van der Waals surface area contributed by atoms with Gasteiger partial charge in [0.05, 0.1) is 17.0 Å². The molecule has 184 valence electrons. The number of carbonyl (C=O) groups excluding carboxylic acids is 3. The number of hydrogen-bond donors (Lipinski definition) is 1. The number of ether oxygens (including phenoxy) is 2. The lowest BCUT2D eigenvalue weighted by atomic mass is 10.1. The van der Waals surface area contributed by atoms with Gasteiger partial charge in [-0.15, -0.1) is 0 Å². The van der Waals surface area contributed by atoms with Crippen LogP contribution in [0.3, 0.4) is 0 Å². The van der Waals surface area contributed by atoms with Crippen LogP contribution in [0.4, 0.5) is 10.5 Å². The minimum absolute atomic E-state index is 0.162. The average Bonchev–Trinajstić information content (AvgIpc) is 3.11. The Morgan fingerprint density at radius 3 is 2.47 bits per heavy atom. The van der Waals surface area contributed by atoms with E-state index in [0.717, 1.165) is 22.2 Å². The van der Waals surface area contributed by atoms with Gasteiger partial charge < -0.3 is 14.8 Å². The third kappa shape index (κ3) is 6.02. The van der Waals surface area contributed by atoms with Crippen LogP contribution >= 0.6 is 35.0 Å². The minimum atomic E-state index is -0.567. The van der Waals surface area contributed by atoms with Gasteiger partial charge >= 0.3 is 0 Å². The van der Waals surface area contributed by atoms with Gasteiger partial charge in [0.15, 0.2) is 11.5 Å². The summed E-state index contributed by atoms with van der Waals surface area (Å²) in [5, 5.41) is 2.95. The van der Waals surface area contributed by atoms with Crippen molar-refractivity contribution in [2.45, 2.75) is 6.61 Å². The SMILES string of the molecule is COc1cc(/C=C2\SC(=O)N(CC(=O)Nc3ccccc3)C2=O)cc(Cl)c1OCc1ccccc1Cl. The minimum Gasteiger partial charge on any atom is -0.493 e. The van der Waals surface area contributed by atoms with E-state index in [0.29, 0.717) is 27.8 Å². The zero-order chi connectivity index (χ0) is 25.7. The molecule has 0 saturated carbocycles. The molecule has 0 aromatic heterocycles. The quantitative estimate of drug-likeness (QED) is 0.338. The Morgan fingerprint density at radius 1 is 1.03 bits per heavy atom. The molecule has 4 rings (SSSR count). The maximum atomic E-state index is 12.8. The van der Waals surface area contributed by atoms with Crippen LogP contribution in [0.15, 0.2) is 71.6 Å². The third-order valence-electron chi connectivity index (χ3n) is 5.11. The summed E-state index contributed by atoms with van der Waals surface area (Å²) in [6.07, 6.45) is 1.52. The molecule has 36 heavy (non-hydrogen) atoms. The smallest absolute Gasteiger partial charge is 0.294 e. The molecule has 0 spiro atoms. The Morgan fingerprint density at radius 2 is 1.75 bits per heavy atom. The van der Waals surface area contributed by atoms with Gasteiger partial charge in [0.1, 0.15) is 13.2 Å². The molecule has 3 aromatic rings. The number of carbonyl (C=O) groups is 3. The van der Waals surface area contributed by atoms with E-state index < -0.39 is 23.6 Å². The van der Waals surface area contributed by atoms with Gasteiger partial charge in [-0.2, -0.15) is 0 Å². The Balaban J connectivity index is 1.48. The molecule has 0 radical (unpaired) electrons. The summed E-state index contributed by atoms with van der Waals surface area (Å²) >= 11 is 13.4. The molecule has 0 unspecified atom stereocenters. The zero-order valence-electron chi connectivity index (χ0n) is 19.0. The molecular weight excluding hydrogens is 523 g/mol. The summed E-state index contributed by atoms with van der Waals surface area (Å²) in [4.78, 5) is 38.7. The molecule has 0 aliphatic carbocycles. The summed E-state index contributed by atoms with van der Waals surface area (Å²) in [7, 11) is 1.47. The molecule has 3 aromatic carbocycles. The van der Waals surface area contributed by atoms with E-state index in [1.807, 2.05) is 24.3 Å². The number of halogens is 2. The van der Waals surface area contributed by atoms with Crippen molar-refractivity contribution in [3.63, 3.8) is 0 Å². The Kier molecular flexibility index (Phi) is 8.20. The van der Waals surface area contributed by atoms with Crippen molar-refractivity contribution >= 4 is 63.8 Å². The van der Waals surface area contributed by atoms with Crippen molar-refractivity contribution in [3.8, 4) is 11.5 Å². The fourth-order valence-electron chi connectivity index (χ4n) is 3.38. The van der Waals surface area contributed by atoms with Crippen molar-refractivity contribution in [1.82, 2.24) is 4.90 Å². The summed E-state index contributed by atoms with van der Waals surface area (Å²) < 4.78 is 11.3. The van der Waals surface area contributed by atoms with Crippen molar-refractivity contribution in [1.29, 1.82) is 0 Å². The fourth-order valence-corrected chi connectivity index (χ4v) is 4.68. The van der Waals surface area contributed by atoms with Crippen molar-refractivity contribution in [2.75, 3.05) is 19.0 Å². The number of methoxy groups -OCH3 is 1. The first-order valence-corrected chi connectivity index (χ1v) is 12.3. The van der Waals surface area contributed by atoms with Crippen LogP contribution in [-0.2, 0) is 16.2 Å². The van der Waals surface area contributed by atoms with E-state index in [2.05, 4.69) is 5.32 Å². The lowest BCUT2D eigenvalue weighted by Gasteiger charge is -2.14. The second-order valence-electron chi connectivity index (χ2n) is 7.60. The molecule has 1 aliphatic heterocycles. The van der Waals surface area contributed by atoms with E-state index in [1.54, 1.807) is 42.5 Å². The Bertz CT molecular complexity index is 1350. The second kappa shape index (κ2) is 11.5. The summed E-state index contributed by atoms with van der Waals surface area (Å²) in [6, 6.07) is 19.3. The van der Waals surface area contributed by atoms with Gasteiger partial charge in [-0.05, 0) is 53.7 Å². The molecule has 3 amide bonds. The van der Waals surface area contributed by atoms with E-state index in [-0.39, 0.29) is 16.5 Å². The van der Waals surface area contributed by atoms with Gasteiger partial charge in [-0.25, -0.2) is 0 Å². The first kappa shape index (κ1) is 25.6. The lowest BCUT2D eigenvalue weighted by molar-refractivity contribution is -0.127. The van der Waals surface area contributed by atoms with E-state index in [9.17, 15) is 14.4 Å². The highest BCUT2D eigenvalue weighted by Crippen LogP contribution is 2.39. The summed E-state index contributed by atoms with van der Waals surface area (Å²) in [5.41, 5.74) is 1.89. The number of nitrogens with zero attached hydrogens (tertiary/aromatic N) is 1. The molecule has 0 atom stereocenters. The summed E-state index contributed by atoms with van der Waals surface area (Å²) in [6.45, 7) is -0.213. The van der Waals surface area contributed by atoms with Gasteiger partial charge in [0.25, 0.3) is 11.1 Å². The van der Waals surface area contributed by atoms with Gasteiger partial charge in [0, 0.05) is 16.3 Å². The van der Waals surface area contributed by atoms with Crippen molar-refractivity contribution in [2.24, 2.45) is 0 Å². The van der Waals surface area contributed by atoms with E-state index >= 15 is 0 Å². The first-order valence-electron chi connectivity index (χ1n) is 10.7. The summed E-state index contributed by atoms with van der Waals surface area (Å²) in [5.74, 6) is -0.374. The first-order chi connectivity index (χ1) is 17.4. The maximum absolute atomic E-state index is 12.8. The van der Waals surface area contributed by atoms with Gasteiger partial charge in [-0.3, -0.25) is 19.3 Å². The van der Waals surface area contributed by atoms with Crippen LogP contribution in [0.25, 0.3) is 6.08 Å². The van der Waals surface area contributed by atoms with Crippen LogP contribution < -0.4 is 14.8 Å². The standard InChI is InChI=1S/C26H20Cl2N2O5S/c1-34-21-12-16(11-20(28)24(21)35-15-17-7-5-6-10-19(17)27)13-22-25(32)30(26(33)36-22)14-23(31)29-18-8-3-2-4-9-18/h2-13H,14-15H2,1H3,(H,29,31)/b22-13-. The molecule has 0 bridgehead atoms. The third-order valence-corrected chi connectivity index (χ3v) is 6.67. The highest BCUT2D eigenvalue weighted by atomic mass is 35.5. The number of rotatable bonds is 8. The van der Waals surface area contributed by atoms with Crippen LogP contribution in [0, 0.1) is 0 Å². The normalized spacial score (nSPS) is 14.3. The molecule has 1 saturated heterocycles. The lowest BCUT2D eigenvalue weighted by Crippen LogP contribution is -2.36. The number of hydrogen-bond acceptors (Lipinski definition) is 6. The van der Waals surface area contributed by atoms with Crippen LogP contribution in [0.5, 0.6) is 11.5 Å². The average molecular weight is 543 g/mol. The molecule has 1 fully saturated rings. The topological polar surface area (TPSA) is 84.9 Å². The highest BCUT2D eigenvalue weighted by Gasteiger charge is 2.36. The predicted molar refractivity (Wildman–Crippen MR) is 142 cm³/mol. The number of amides is 3. The van der Waals surface area contributed by atoms with E-state index in [4.69, 9.17) is 32.7 Å². The van der Waals surface area contributed by atoms with E-state index in [1.165, 1.54) is 13.2 Å².